The lowest BCUT2D eigenvalue weighted by Gasteiger charge is -2.12. The van der Waals surface area contributed by atoms with E-state index in [1.54, 1.807) is 23.5 Å². The molecule has 2 heterocycles. The number of non-ortho nitro benzene ring substituents is 1. The fraction of sp³-hybridized carbons (Fsp3) is 0.250. The number of fused-ring (bicyclic) bond motifs is 3. The van der Waals surface area contributed by atoms with Crippen molar-refractivity contribution in [2.24, 2.45) is 0 Å². The van der Waals surface area contributed by atoms with E-state index in [1.165, 1.54) is 29.0 Å². The maximum absolute atomic E-state index is 11.0. The summed E-state index contributed by atoms with van der Waals surface area (Å²) in [7, 11) is 0. The van der Waals surface area contributed by atoms with Gasteiger partial charge in [0, 0.05) is 22.7 Å². The Morgan fingerprint density at radius 1 is 1.25 bits per heavy atom. The van der Waals surface area contributed by atoms with Crippen molar-refractivity contribution in [2.45, 2.75) is 25.7 Å². The van der Waals surface area contributed by atoms with Crippen molar-refractivity contribution in [3.05, 3.63) is 50.1 Å². The number of halogens is 1. The van der Waals surface area contributed by atoms with Gasteiger partial charge in [0.15, 0.2) is 0 Å². The molecule has 0 radical (unpaired) electrons. The molecular weight excluding hydrogens is 348 g/mol. The van der Waals surface area contributed by atoms with E-state index in [0.29, 0.717) is 11.5 Å². The van der Waals surface area contributed by atoms with Crippen LogP contribution in [0.25, 0.3) is 10.2 Å². The molecule has 1 aliphatic carbocycles. The maximum atomic E-state index is 11.0. The summed E-state index contributed by atoms with van der Waals surface area (Å²) in [5.74, 6) is 0.616. The van der Waals surface area contributed by atoms with Crippen molar-refractivity contribution >= 4 is 50.3 Å². The molecule has 122 valence electrons. The Balaban J connectivity index is 1.82. The highest BCUT2D eigenvalue weighted by Gasteiger charge is 2.21. The monoisotopic (exact) mass is 360 g/mol. The smallest absolute Gasteiger partial charge is 0.271 e. The number of nitrogens with one attached hydrogen (secondary N) is 1. The Morgan fingerprint density at radius 2 is 2.08 bits per heavy atom. The minimum Gasteiger partial charge on any atom is -0.339 e. The van der Waals surface area contributed by atoms with Gasteiger partial charge in [-0.25, -0.2) is 4.98 Å². The van der Waals surface area contributed by atoms with Crippen LogP contribution in [-0.2, 0) is 12.8 Å². The van der Waals surface area contributed by atoms with Crippen molar-refractivity contribution in [3.8, 4) is 0 Å². The van der Waals surface area contributed by atoms with Crippen molar-refractivity contribution in [1.29, 1.82) is 0 Å². The number of aryl methyl sites for hydroxylation is 2. The molecule has 0 bridgehead atoms. The number of nitrogens with zero attached hydrogens (tertiary/aromatic N) is 3. The van der Waals surface area contributed by atoms with Gasteiger partial charge in [0.05, 0.1) is 10.3 Å². The van der Waals surface area contributed by atoms with Gasteiger partial charge in [-0.1, -0.05) is 6.07 Å². The lowest BCUT2D eigenvalue weighted by Crippen LogP contribution is -2.01. The van der Waals surface area contributed by atoms with Gasteiger partial charge < -0.3 is 5.32 Å². The molecule has 1 N–H and O–H groups in total. The zero-order valence-corrected chi connectivity index (χ0v) is 14.2. The van der Waals surface area contributed by atoms with Crippen LogP contribution in [0.2, 0.25) is 5.28 Å². The molecule has 24 heavy (non-hydrogen) atoms. The summed E-state index contributed by atoms with van der Waals surface area (Å²) in [6, 6.07) is 6.36. The van der Waals surface area contributed by atoms with Crippen molar-refractivity contribution < 1.29 is 4.92 Å². The van der Waals surface area contributed by atoms with E-state index in [0.717, 1.165) is 29.5 Å². The number of nitro benzene ring substituents is 1. The fourth-order valence-electron chi connectivity index (χ4n) is 3.06. The number of hydrogen-bond donors (Lipinski definition) is 1. The molecular formula is C16H13ClN4O2S. The first-order valence-electron chi connectivity index (χ1n) is 7.61. The number of nitro groups is 1. The minimum absolute atomic E-state index is 0.0312. The van der Waals surface area contributed by atoms with Gasteiger partial charge in [-0.05, 0) is 48.9 Å². The molecule has 8 heteroatoms. The molecule has 6 nitrogen and oxygen atoms in total. The van der Waals surface area contributed by atoms with Crippen LogP contribution >= 0.6 is 22.9 Å². The van der Waals surface area contributed by atoms with E-state index in [2.05, 4.69) is 15.3 Å². The topological polar surface area (TPSA) is 81.0 Å². The number of aromatic nitrogens is 2. The summed E-state index contributed by atoms with van der Waals surface area (Å²) >= 11 is 7.73. The second kappa shape index (κ2) is 5.99. The number of hydrogen-bond acceptors (Lipinski definition) is 6. The Kier molecular flexibility index (Phi) is 3.82. The average Bonchev–Trinajstić information content (AvgIpc) is 2.93. The first-order chi connectivity index (χ1) is 11.6. The molecule has 0 amide bonds. The lowest BCUT2D eigenvalue weighted by molar-refractivity contribution is -0.384. The van der Waals surface area contributed by atoms with Crippen molar-refractivity contribution in [1.82, 2.24) is 9.97 Å². The summed E-state index contributed by atoms with van der Waals surface area (Å²) in [6.45, 7) is 0. The third-order valence-corrected chi connectivity index (χ3v) is 5.46. The molecule has 2 aromatic heterocycles. The molecule has 3 aromatic rings. The Morgan fingerprint density at radius 3 is 2.92 bits per heavy atom. The number of rotatable bonds is 3. The standard InChI is InChI=1S/C16H13ClN4O2S/c17-16-19-14(18-9-4-3-5-10(8-9)21(22)23)13-11-6-1-2-7-12(11)24-15(13)20-16/h3-5,8H,1-2,6-7H2,(H,18,19,20). The van der Waals surface area contributed by atoms with Crippen LogP contribution < -0.4 is 5.32 Å². The van der Waals surface area contributed by atoms with E-state index < -0.39 is 4.92 Å². The van der Waals surface area contributed by atoms with Crippen LogP contribution in [-0.4, -0.2) is 14.9 Å². The second-order valence-electron chi connectivity index (χ2n) is 5.66. The van der Waals surface area contributed by atoms with Gasteiger partial charge in [-0.15, -0.1) is 11.3 Å². The third-order valence-electron chi connectivity index (χ3n) is 4.11. The fourth-order valence-corrected chi connectivity index (χ4v) is 4.54. The Bertz CT molecular complexity index is 957. The van der Waals surface area contributed by atoms with Crippen LogP contribution in [0.1, 0.15) is 23.3 Å². The zero-order valence-electron chi connectivity index (χ0n) is 12.6. The number of benzene rings is 1. The van der Waals surface area contributed by atoms with Crippen molar-refractivity contribution in [3.63, 3.8) is 0 Å². The highest BCUT2D eigenvalue weighted by Crippen LogP contribution is 2.40. The number of thiophene rings is 1. The molecule has 4 rings (SSSR count). The summed E-state index contributed by atoms with van der Waals surface area (Å²) < 4.78 is 0. The molecule has 0 fully saturated rings. The van der Waals surface area contributed by atoms with Gasteiger partial charge in [-0.2, -0.15) is 4.98 Å². The molecule has 1 aromatic carbocycles. The summed E-state index contributed by atoms with van der Waals surface area (Å²) in [6.07, 6.45) is 4.40. The molecule has 0 aliphatic heterocycles. The van der Waals surface area contributed by atoms with E-state index >= 15 is 0 Å². The molecule has 1 aliphatic rings. The average molecular weight is 361 g/mol. The molecule has 0 saturated carbocycles. The lowest BCUT2D eigenvalue weighted by atomic mass is 9.97. The predicted molar refractivity (Wildman–Crippen MR) is 95.4 cm³/mol. The van der Waals surface area contributed by atoms with E-state index in [-0.39, 0.29) is 11.0 Å². The summed E-state index contributed by atoms with van der Waals surface area (Å²) in [5.41, 5.74) is 1.92. The SMILES string of the molecule is O=[N+]([O-])c1cccc(Nc2nc(Cl)nc3sc4c(c23)CCCC4)c1. The summed E-state index contributed by atoms with van der Waals surface area (Å²) in [4.78, 5) is 21.4. The largest absolute Gasteiger partial charge is 0.339 e. The van der Waals surface area contributed by atoms with Gasteiger partial charge in [-0.3, -0.25) is 10.1 Å². The number of anilines is 2. The molecule has 0 unspecified atom stereocenters. The van der Waals surface area contributed by atoms with Crippen LogP contribution in [0, 0.1) is 10.1 Å². The van der Waals surface area contributed by atoms with E-state index in [4.69, 9.17) is 11.6 Å². The Hall–Kier alpha value is -2.25. The van der Waals surface area contributed by atoms with Gasteiger partial charge in [0.1, 0.15) is 10.6 Å². The van der Waals surface area contributed by atoms with Gasteiger partial charge in [0.25, 0.3) is 5.69 Å². The van der Waals surface area contributed by atoms with Crippen LogP contribution in [0.4, 0.5) is 17.2 Å². The normalized spacial score (nSPS) is 13.7. The van der Waals surface area contributed by atoms with Crippen LogP contribution in [0.5, 0.6) is 0 Å². The Labute approximate surface area is 146 Å². The van der Waals surface area contributed by atoms with Crippen LogP contribution in [0.15, 0.2) is 24.3 Å². The first-order valence-corrected chi connectivity index (χ1v) is 8.80. The molecule has 0 atom stereocenters. The van der Waals surface area contributed by atoms with Gasteiger partial charge in [0.2, 0.25) is 5.28 Å². The van der Waals surface area contributed by atoms with Crippen molar-refractivity contribution in [2.75, 3.05) is 5.32 Å². The van der Waals surface area contributed by atoms with E-state index in [9.17, 15) is 10.1 Å². The quantitative estimate of drug-likeness (QED) is 0.409. The minimum atomic E-state index is -0.416. The highest BCUT2D eigenvalue weighted by atomic mass is 35.5. The third kappa shape index (κ3) is 2.70. The molecule has 0 saturated heterocycles. The first kappa shape index (κ1) is 15.3. The summed E-state index contributed by atoms with van der Waals surface area (Å²) in [5, 5.41) is 15.3. The second-order valence-corrected chi connectivity index (χ2v) is 7.09. The zero-order chi connectivity index (χ0) is 16.7. The van der Waals surface area contributed by atoms with E-state index in [1.807, 2.05) is 0 Å². The van der Waals surface area contributed by atoms with Crippen LogP contribution in [0.3, 0.4) is 0 Å². The maximum Gasteiger partial charge on any atom is 0.271 e. The molecule has 0 spiro atoms. The predicted octanol–water partition coefficient (Wildman–Crippen LogP) is 4.88. The van der Waals surface area contributed by atoms with Gasteiger partial charge >= 0.3 is 0 Å². The highest BCUT2D eigenvalue weighted by molar-refractivity contribution is 7.19.